The zero-order valence-corrected chi connectivity index (χ0v) is 34.4. The topological polar surface area (TPSA) is 129 Å². The van der Waals surface area contributed by atoms with Gasteiger partial charge in [0.2, 0.25) is 0 Å². The maximum absolute atomic E-state index is 13.4. The molecule has 10 nitrogen and oxygen atoms in total. The molecular formula is C48H38Cl2N4O6. The molecular weight excluding hydrogens is 799 g/mol. The first-order chi connectivity index (χ1) is 29.0. The van der Waals surface area contributed by atoms with Crippen LogP contribution in [0, 0.1) is 13.8 Å². The number of aromatic hydroxyl groups is 2. The molecule has 0 fully saturated rings. The van der Waals surface area contributed by atoms with Gasteiger partial charge in [-0.2, -0.15) is 0 Å². The molecule has 2 heterocycles. The van der Waals surface area contributed by atoms with E-state index < -0.39 is 0 Å². The Hall–Kier alpha value is -7.14. The molecule has 300 valence electrons. The summed E-state index contributed by atoms with van der Waals surface area (Å²) in [6, 6.07) is 35.7. The van der Waals surface area contributed by atoms with Crippen LogP contribution >= 0.6 is 23.2 Å². The van der Waals surface area contributed by atoms with Crippen molar-refractivity contribution in [2.45, 2.75) is 13.8 Å². The van der Waals surface area contributed by atoms with Gasteiger partial charge in [0.25, 0.3) is 11.1 Å². The van der Waals surface area contributed by atoms with Crippen molar-refractivity contribution in [1.82, 2.24) is 19.1 Å². The maximum atomic E-state index is 13.4. The lowest BCUT2D eigenvalue weighted by Crippen LogP contribution is -2.23. The Morgan fingerprint density at radius 3 is 1.60 bits per heavy atom. The van der Waals surface area contributed by atoms with E-state index in [4.69, 9.17) is 37.7 Å². The second-order valence-electron chi connectivity index (χ2n) is 13.6. The molecule has 6 aromatic carbocycles. The summed E-state index contributed by atoms with van der Waals surface area (Å²) in [6.07, 6.45) is 6.79. The lowest BCUT2D eigenvalue weighted by Gasteiger charge is -2.14. The molecule has 60 heavy (non-hydrogen) atoms. The number of aromatic nitrogens is 4. The van der Waals surface area contributed by atoms with E-state index in [-0.39, 0.29) is 22.6 Å². The number of hydrogen-bond acceptors (Lipinski definition) is 8. The minimum absolute atomic E-state index is 0.000438. The molecule has 0 aliphatic carbocycles. The molecule has 0 aliphatic rings. The summed E-state index contributed by atoms with van der Waals surface area (Å²) < 4.78 is 13.4. The number of aryl methyl sites for hydroxylation is 2. The predicted octanol–water partition coefficient (Wildman–Crippen LogP) is 10.5. The Bertz CT molecular complexity index is 3100. The Balaban J connectivity index is 0.000000181. The maximum Gasteiger partial charge on any atom is 0.266 e. The van der Waals surface area contributed by atoms with Crippen LogP contribution in [0.2, 0.25) is 10.0 Å². The Morgan fingerprint density at radius 1 is 0.567 bits per heavy atom. The van der Waals surface area contributed by atoms with Crippen LogP contribution in [0.3, 0.4) is 0 Å². The summed E-state index contributed by atoms with van der Waals surface area (Å²) in [4.78, 5) is 36.0. The molecule has 2 aromatic heterocycles. The minimum atomic E-state index is -0.242. The zero-order chi connectivity index (χ0) is 42.5. The fourth-order valence-electron chi connectivity index (χ4n) is 6.69. The van der Waals surface area contributed by atoms with Crippen molar-refractivity contribution in [2.24, 2.45) is 0 Å². The number of halogens is 2. The number of hydrogen-bond donors (Lipinski definition) is 2. The van der Waals surface area contributed by atoms with E-state index in [0.717, 1.165) is 16.8 Å². The quantitative estimate of drug-likeness (QED) is 0.155. The highest BCUT2D eigenvalue weighted by Gasteiger charge is 2.15. The summed E-state index contributed by atoms with van der Waals surface area (Å²) in [6.45, 7) is 4.00. The molecule has 8 rings (SSSR count). The molecule has 12 heteroatoms. The second kappa shape index (κ2) is 17.8. The normalized spacial score (nSPS) is 11.3. The fourth-order valence-corrected chi connectivity index (χ4v) is 6.98. The van der Waals surface area contributed by atoms with E-state index in [9.17, 15) is 19.8 Å². The summed E-state index contributed by atoms with van der Waals surface area (Å²) in [5, 5.41) is 22.5. The van der Waals surface area contributed by atoms with E-state index in [1.165, 1.54) is 18.8 Å². The number of methoxy groups -OCH3 is 2. The third-order valence-corrected chi connectivity index (χ3v) is 10.4. The molecule has 0 amide bonds. The number of rotatable bonds is 8. The summed E-state index contributed by atoms with van der Waals surface area (Å²) >= 11 is 12.2. The Kier molecular flexibility index (Phi) is 12.2. The number of phenolic OH excluding ortho intramolecular Hbond substituents is 2. The van der Waals surface area contributed by atoms with E-state index in [0.29, 0.717) is 71.8 Å². The number of phenols is 2. The third-order valence-electron chi connectivity index (χ3n) is 9.68. The van der Waals surface area contributed by atoms with Gasteiger partial charge < -0.3 is 19.7 Å². The van der Waals surface area contributed by atoms with E-state index in [1.54, 1.807) is 108 Å². The van der Waals surface area contributed by atoms with Crippen molar-refractivity contribution in [3.05, 3.63) is 186 Å². The lowest BCUT2D eigenvalue weighted by molar-refractivity contribution is 0.373. The zero-order valence-electron chi connectivity index (χ0n) is 32.9. The van der Waals surface area contributed by atoms with Crippen molar-refractivity contribution in [2.75, 3.05) is 14.2 Å². The van der Waals surface area contributed by atoms with Gasteiger partial charge in [0, 0.05) is 11.1 Å². The van der Waals surface area contributed by atoms with Crippen molar-refractivity contribution in [3.63, 3.8) is 0 Å². The van der Waals surface area contributed by atoms with Crippen LogP contribution in [0.25, 0.3) is 57.5 Å². The molecule has 0 saturated carbocycles. The van der Waals surface area contributed by atoms with Crippen LogP contribution in [-0.2, 0) is 0 Å². The van der Waals surface area contributed by atoms with Crippen molar-refractivity contribution in [1.29, 1.82) is 0 Å². The van der Waals surface area contributed by atoms with Gasteiger partial charge in [0.05, 0.1) is 57.4 Å². The molecule has 0 saturated heterocycles. The molecule has 0 aliphatic heterocycles. The fraction of sp³-hybridized carbons (Fsp3) is 0.0833. The first-order valence-electron chi connectivity index (χ1n) is 18.6. The number of nitrogens with zero attached hydrogens (tertiary/aromatic N) is 4. The predicted molar refractivity (Wildman–Crippen MR) is 241 cm³/mol. The second-order valence-corrected chi connectivity index (χ2v) is 14.4. The van der Waals surface area contributed by atoms with Gasteiger partial charge in [0.15, 0.2) is 23.0 Å². The van der Waals surface area contributed by atoms with Gasteiger partial charge in [0.1, 0.15) is 11.6 Å². The van der Waals surface area contributed by atoms with Crippen molar-refractivity contribution < 1.29 is 19.7 Å². The molecule has 0 spiro atoms. The van der Waals surface area contributed by atoms with E-state index in [2.05, 4.69) is 4.98 Å². The van der Waals surface area contributed by atoms with Crippen LogP contribution in [-0.4, -0.2) is 43.5 Å². The largest absolute Gasteiger partial charge is 0.504 e. The van der Waals surface area contributed by atoms with Gasteiger partial charge >= 0.3 is 0 Å². The van der Waals surface area contributed by atoms with Gasteiger partial charge in [-0.1, -0.05) is 89.4 Å². The number of fused-ring (bicyclic) bond motifs is 2. The monoisotopic (exact) mass is 836 g/mol. The molecule has 0 unspecified atom stereocenters. The number of para-hydroxylation sites is 4. The number of ether oxygens (including phenoxy) is 2. The van der Waals surface area contributed by atoms with E-state index >= 15 is 0 Å². The standard InChI is InChI=1S/C25H22N2O3.C23H16Cl2N2O3/c1-16-11-13-21(17(2)15-16)27-23(26-20-9-5-4-8-19(20)25(27)29)14-12-18-7-6-10-22(30-3)24(18)28;1-30-20-8-4-5-14(22(20)28)9-12-21-26-19-7-3-2-6-16(19)23(29)27(21)15-10-11-17(24)18(25)13-15/h4-15,28H,1-3H3;2-13,28H,1H3/b14-12+;12-9+. The van der Waals surface area contributed by atoms with Crippen LogP contribution in [0.5, 0.6) is 23.0 Å². The molecule has 0 bridgehead atoms. The Morgan fingerprint density at radius 2 is 1.08 bits per heavy atom. The molecule has 0 atom stereocenters. The van der Waals surface area contributed by atoms with Gasteiger partial charge in [-0.25, -0.2) is 9.97 Å². The van der Waals surface area contributed by atoms with Crippen LogP contribution < -0.4 is 20.6 Å². The molecule has 0 radical (unpaired) electrons. The first-order valence-corrected chi connectivity index (χ1v) is 19.4. The van der Waals surface area contributed by atoms with Crippen molar-refractivity contribution >= 4 is 69.3 Å². The van der Waals surface area contributed by atoms with Crippen molar-refractivity contribution in [3.8, 4) is 34.4 Å². The average Bonchev–Trinajstić information content (AvgIpc) is 3.25. The number of benzene rings is 6. The highest BCUT2D eigenvalue weighted by Crippen LogP contribution is 2.32. The van der Waals surface area contributed by atoms with E-state index in [1.807, 2.05) is 56.3 Å². The van der Waals surface area contributed by atoms with Crippen LogP contribution in [0.15, 0.2) is 131 Å². The first kappa shape index (κ1) is 41.0. The molecule has 2 N–H and O–H groups in total. The minimum Gasteiger partial charge on any atom is -0.504 e. The highest BCUT2D eigenvalue weighted by atomic mass is 35.5. The van der Waals surface area contributed by atoms with Crippen LogP contribution in [0.1, 0.15) is 33.9 Å². The third kappa shape index (κ3) is 8.38. The van der Waals surface area contributed by atoms with Gasteiger partial charge in [-0.05, 0) is 104 Å². The van der Waals surface area contributed by atoms with Gasteiger partial charge in [-0.3, -0.25) is 18.7 Å². The Labute approximate surface area is 355 Å². The SMILES string of the molecule is COc1cccc(/C=C/c2nc3ccccc3c(=O)n2-c2ccc(C)cc2C)c1O.COc1cccc(/C=C/c2nc3ccccc3c(=O)n2-c2ccc(Cl)c(Cl)c2)c1O. The van der Waals surface area contributed by atoms with Gasteiger partial charge in [-0.15, -0.1) is 0 Å². The lowest BCUT2D eigenvalue weighted by atomic mass is 10.1. The summed E-state index contributed by atoms with van der Waals surface area (Å²) in [5.41, 5.74) is 5.31. The van der Waals surface area contributed by atoms with Crippen LogP contribution in [0.4, 0.5) is 0 Å². The highest BCUT2D eigenvalue weighted by molar-refractivity contribution is 6.42. The average molecular weight is 838 g/mol. The smallest absolute Gasteiger partial charge is 0.266 e. The summed E-state index contributed by atoms with van der Waals surface area (Å²) in [5.74, 6) is 1.63. The molecule has 8 aromatic rings. The summed E-state index contributed by atoms with van der Waals surface area (Å²) in [7, 11) is 2.99.